The van der Waals surface area contributed by atoms with Crippen molar-refractivity contribution in [3.63, 3.8) is 0 Å². The third-order valence-electron chi connectivity index (χ3n) is 2.94. The lowest BCUT2D eigenvalue weighted by atomic mass is 10.1. The van der Waals surface area contributed by atoms with Gasteiger partial charge in [-0.3, -0.25) is 4.79 Å². The molecule has 94 valence electrons. The van der Waals surface area contributed by atoms with Gasteiger partial charge < -0.3 is 5.32 Å². The van der Waals surface area contributed by atoms with Crippen LogP contribution in [0.2, 0.25) is 0 Å². The van der Waals surface area contributed by atoms with Gasteiger partial charge in [0, 0.05) is 10.6 Å². The number of hydrogen-bond donors (Lipinski definition) is 1. The Labute approximate surface area is 111 Å². The van der Waals surface area contributed by atoms with E-state index < -0.39 is 0 Å². The predicted octanol–water partition coefficient (Wildman–Crippen LogP) is 3.57. The maximum atomic E-state index is 12.1. The minimum Gasteiger partial charge on any atom is -0.320 e. The fourth-order valence-corrected chi connectivity index (χ4v) is 2.47. The van der Waals surface area contributed by atoms with E-state index in [-0.39, 0.29) is 5.91 Å². The lowest BCUT2D eigenvalue weighted by molar-refractivity contribution is 0.102. The zero-order valence-electron chi connectivity index (χ0n) is 10.8. The van der Waals surface area contributed by atoms with E-state index in [9.17, 15) is 4.79 Å². The molecule has 0 saturated heterocycles. The Morgan fingerprint density at radius 3 is 2.78 bits per heavy atom. The molecule has 0 unspecified atom stereocenters. The molecular formula is C14H16N2OS. The van der Waals surface area contributed by atoms with Crippen LogP contribution in [0.5, 0.6) is 0 Å². The summed E-state index contributed by atoms with van der Waals surface area (Å²) in [5.41, 5.74) is 5.36. The van der Waals surface area contributed by atoms with Crippen LogP contribution in [-0.4, -0.2) is 10.9 Å². The third kappa shape index (κ3) is 2.43. The molecule has 3 nitrogen and oxygen atoms in total. The van der Waals surface area contributed by atoms with Crippen molar-refractivity contribution in [2.45, 2.75) is 27.2 Å². The summed E-state index contributed by atoms with van der Waals surface area (Å²) < 4.78 is 0. The first-order chi connectivity index (χ1) is 8.63. The third-order valence-corrected chi connectivity index (χ3v) is 3.70. The number of nitrogens with zero attached hydrogens (tertiary/aromatic N) is 1. The number of carbonyl (C=O) groups excluding carboxylic acids is 1. The van der Waals surface area contributed by atoms with Gasteiger partial charge in [-0.05, 0) is 31.4 Å². The van der Waals surface area contributed by atoms with E-state index >= 15 is 0 Å². The van der Waals surface area contributed by atoms with Crippen LogP contribution in [0, 0.1) is 13.8 Å². The summed E-state index contributed by atoms with van der Waals surface area (Å²) in [5, 5.41) is 2.98. The van der Waals surface area contributed by atoms with Crippen molar-refractivity contribution in [3.8, 4) is 0 Å². The summed E-state index contributed by atoms with van der Waals surface area (Å²) in [5.74, 6) is -0.127. The molecule has 0 radical (unpaired) electrons. The van der Waals surface area contributed by atoms with E-state index in [1.807, 2.05) is 32.0 Å². The number of para-hydroxylation sites is 1. The molecule has 0 aliphatic rings. The highest BCUT2D eigenvalue weighted by molar-refractivity contribution is 7.09. The van der Waals surface area contributed by atoms with Crippen LogP contribution in [0.25, 0.3) is 0 Å². The van der Waals surface area contributed by atoms with Crippen LogP contribution >= 0.6 is 11.3 Å². The highest BCUT2D eigenvalue weighted by Gasteiger charge is 2.14. The lowest BCUT2D eigenvalue weighted by Crippen LogP contribution is -2.15. The van der Waals surface area contributed by atoms with Crippen molar-refractivity contribution in [1.29, 1.82) is 0 Å². The van der Waals surface area contributed by atoms with Crippen molar-refractivity contribution in [2.24, 2.45) is 0 Å². The van der Waals surface area contributed by atoms with Crippen molar-refractivity contribution in [1.82, 2.24) is 4.98 Å². The van der Waals surface area contributed by atoms with E-state index in [1.54, 1.807) is 5.51 Å². The molecule has 1 aromatic heterocycles. The van der Waals surface area contributed by atoms with E-state index in [2.05, 4.69) is 17.2 Å². The van der Waals surface area contributed by atoms with Gasteiger partial charge in [-0.15, -0.1) is 11.3 Å². The maximum Gasteiger partial charge on any atom is 0.275 e. The highest BCUT2D eigenvalue weighted by Crippen LogP contribution is 2.22. The monoisotopic (exact) mass is 260 g/mol. The average Bonchev–Trinajstić information content (AvgIpc) is 2.78. The quantitative estimate of drug-likeness (QED) is 0.916. The number of thiazole rings is 1. The summed E-state index contributed by atoms with van der Waals surface area (Å²) in [4.78, 5) is 17.2. The number of nitrogens with one attached hydrogen (secondary N) is 1. The van der Waals surface area contributed by atoms with Gasteiger partial charge in [0.2, 0.25) is 0 Å². The molecule has 0 bridgehead atoms. The molecule has 2 rings (SSSR count). The fourth-order valence-electron chi connectivity index (χ4n) is 1.90. The van der Waals surface area contributed by atoms with Crippen LogP contribution in [0.1, 0.15) is 33.4 Å². The smallest absolute Gasteiger partial charge is 0.275 e. The molecule has 0 aliphatic carbocycles. The molecule has 1 amide bonds. The van der Waals surface area contributed by atoms with E-state index in [1.165, 1.54) is 11.3 Å². The number of hydrogen-bond acceptors (Lipinski definition) is 3. The number of aryl methyl sites for hydroxylation is 3. The molecule has 0 atom stereocenters. The van der Waals surface area contributed by atoms with Crippen molar-refractivity contribution in [2.75, 3.05) is 5.32 Å². The molecule has 18 heavy (non-hydrogen) atoms. The standard InChI is InChI=1S/C14H16N2OS/c1-4-11-7-5-6-9(2)12(11)16-14(17)13-10(3)18-8-15-13/h5-8H,4H2,1-3H3,(H,16,17). The first kappa shape index (κ1) is 12.8. The second kappa shape index (κ2) is 5.31. The molecule has 0 fully saturated rings. The lowest BCUT2D eigenvalue weighted by Gasteiger charge is -2.12. The SMILES string of the molecule is CCc1cccc(C)c1NC(=O)c1ncsc1C. The van der Waals surface area contributed by atoms with Gasteiger partial charge in [-0.1, -0.05) is 25.1 Å². The number of benzene rings is 1. The molecule has 0 aliphatic heterocycles. The predicted molar refractivity (Wildman–Crippen MR) is 75.4 cm³/mol. The zero-order valence-corrected chi connectivity index (χ0v) is 11.6. The minimum absolute atomic E-state index is 0.127. The Morgan fingerprint density at radius 1 is 1.39 bits per heavy atom. The number of aromatic nitrogens is 1. The molecule has 2 aromatic rings. The Bertz CT molecular complexity index is 575. The van der Waals surface area contributed by atoms with Gasteiger partial charge in [0.25, 0.3) is 5.91 Å². The fraction of sp³-hybridized carbons (Fsp3) is 0.286. The summed E-state index contributed by atoms with van der Waals surface area (Å²) in [6.45, 7) is 5.99. The second-order valence-corrected chi connectivity index (χ2v) is 5.23. The normalized spacial score (nSPS) is 10.4. The van der Waals surface area contributed by atoms with Crippen molar-refractivity contribution in [3.05, 3.63) is 45.4 Å². The van der Waals surface area contributed by atoms with Crippen LogP contribution in [0.15, 0.2) is 23.7 Å². The molecule has 1 N–H and O–H groups in total. The topological polar surface area (TPSA) is 42.0 Å². The summed E-state index contributed by atoms with van der Waals surface area (Å²) in [6.07, 6.45) is 0.896. The number of anilines is 1. The zero-order chi connectivity index (χ0) is 13.1. The molecule has 1 heterocycles. The average molecular weight is 260 g/mol. The number of rotatable bonds is 3. The van der Waals surface area contributed by atoms with Crippen LogP contribution < -0.4 is 5.32 Å². The Morgan fingerprint density at radius 2 is 2.17 bits per heavy atom. The highest BCUT2D eigenvalue weighted by atomic mass is 32.1. The number of carbonyl (C=O) groups is 1. The molecule has 0 saturated carbocycles. The van der Waals surface area contributed by atoms with Crippen LogP contribution in [-0.2, 0) is 6.42 Å². The van der Waals surface area contributed by atoms with Gasteiger partial charge >= 0.3 is 0 Å². The number of amides is 1. The van der Waals surface area contributed by atoms with Gasteiger partial charge in [-0.2, -0.15) is 0 Å². The summed E-state index contributed by atoms with van der Waals surface area (Å²) in [6, 6.07) is 6.05. The Balaban J connectivity index is 2.30. The van der Waals surface area contributed by atoms with E-state index in [0.717, 1.165) is 28.1 Å². The van der Waals surface area contributed by atoms with Crippen molar-refractivity contribution < 1.29 is 4.79 Å². The van der Waals surface area contributed by atoms with Crippen molar-refractivity contribution >= 4 is 22.9 Å². The van der Waals surface area contributed by atoms with Crippen LogP contribution in [0.4, 0.5) is 5.69 Å². The Hall–Kier alpha value is -1.68. The van der Waals surface area contributed by atoms with Gasteiger partial charge in [0.1, 0.15) is 5.69 Å². The largest absolute Gasteiger partial charge is 0.320 e. The minimum atomic E-state index is -0.127. The van der Waals surface area contributed by atoms with E-state index in [0.29, 0.717) is 5.69 Å². The first-order valence-electron chi connectivity index (χ1n) is 5.93. The van der Waals surface area contributed by atoms with Crippen LogP contribution in [0.3, 0.4) is 0 Å². The maximum absolute atomic E-state index is 12.1. The molecule has 4 heteroatoms. The van der Waals surface area contributed by atoms with Gasteiger partial charge in [-0.25, -0.2) is 4.98 Å². The van der Waals surface area contributed by atoms with E-state index in [4.69, 9.17) is 0 Å². The molecular weight excluding hydrogens is 244 g/mol. The summed E-state index contributed by atoms with van der Waals surface area (Å²) in [7, 11) is 0. The Kier molecular flexibility index (Phi) is 3.77. The molecule has 1 aromatic carbocycles. The van der Waals surface area contributed by atoms with Gasteiger partial charge in [0.15, 0.2) is 0 Å². The molecule has 0 spiro atoms. The first-order valence-corrected chi connectivity index (χ1v) is 6.81. The second-order valence-electron chi connectivity index (χ2n) is 4.17. The van der Waals surface area contributed by atoms with Gasteiger partial charge in [0.05, 0.1) is 5.51 Å². The summed E-state index contributed by atoms with van der Waals surface area (Å²) >= 11 is 1.49.